The van der Waals surface area contributed by atoms with Crippen molar-refractivity contribution in [2.24, 2.45) is 5.92 Å². The highest BCUT2D eigenvalue weighted by molar-refractivity contribution is 5.54. The zero-order chi connectivity index (χ0) is 22.7. The maximum atomic E-state index is 13.2. The predicted molar refractivity (Wildman–Crippen MR) is 114 cm³/mol. The number of nitrogens with zero attached hydrogens (tertiary/aromatic N) is 5. The summed E-state index contributed by atoms with van der Waals surface area (Å²) in [5.74, 6) is 1.28. The van der Waals surface area contributed by atoms with E-state index >= 15 is 0 Å². The number of rotatable bonds is 8. The van der Waals surface area contributed by atoms with Crippen molar-refractivity contribution >= 4 is 11.9 Å². The Morgan fingerprint density at radius 1 is 1.03 bits per heavy atom. The summed E-state index contributed by atoms with van der Waals surface area (Å²) in [6, 6.07) is 3.90. The Morgan fingerprint density at radius 2 is 1.72 bits per heavy atom. The lowest BCUT2D eigenvalue weighted by Crippen LogP contribution is -2.42. The van der Waals surface area contributed by atoms with Crippen LogP contribution in [0.3, 0.4) is 0 Å². The van der Waals surface area contributed by atoms with Gasteiger partial charge in [-0.3, -0.25) is 4.90 Å². The number of anilines is 2. The fraction of sp³-hybridized carbons (Fsp3) is 0.619. The second-order valence-electron chi connectivity index (χ2n) is 8.44. The lowest BCUT2D eigenvalue weighted by atomic mass is 10.2. The van der Waals surface area contributed by atoms with E-state index in [1.54, 1.807) is 0 Å². The van der Waals surface area contributed by atoms with Crippen molar-refractivity contribution in [3.05, 3.63) is 23.9 Å². The molecular weight excluding hydrogens is 423 g/mol. The fourth-order valence-corrected chi connectivity index (χ4v) is 3.69. The third kappa shape index (κ3) is 6.04. The zero-order valence-electron chi connectivity index (χ0n) is 18.2. The van der Waals surface area contributed by atoms with Crippen LogP contribution in [-0.4, -0.2) is 69.8 Å². The van der Waals surface area contributed by atoms with E-state index in [9.17, 15) is 13.2 Å². The summed E-state index contributed by atoms with van der Waals surface area (Å²) in [5.41, 5.74) is -0.931. The number of nitrogens with one attached hydrogen (secondary N) is 2. The first-order chi connectivity index (χ1) is 15.3. The molecule has 2 aliphatic rings. The number of alkyl halides is 3. The summed E-state index contributed by atoms with van der Waals surface area (Å²) >= 11 is 0. The molecule has 1 saturated heterocycles. The average Bonchev–Trinajstić information content (AvgIpc) is 3.59. The van der Waals surface area contributed by atoms with E-state index in [1.807, 2.05) is 6.92 Å². The van der Waals surface area contributed by atoms with Gasteiger partial charge in [0.25, 0.3) is 0 Å². The quantitative estimate of drug-likeness (QED) is 0.632. The van der Waals surface area contributed by atoms with Gasteiger partial charge >= 0.3 is 6.18 Å². The minimum Gasteiger partial charge on any atom is -0.379 e. The van der Waals surface area contributed by atoms with Gasteiger partial charge in [-0.05, 0) is 44.7 Å². The summed E-state index contributed by atoms with van der Waals surface area (Å²) in [6.07, 6.45) is -2.26. The molecule has 2 aromatic rings. The summed E-state index contributed by atoms with van der Waals surface area (Å²) in [5, 5.41) is 6.54. The van der Waals surface area contributed by atoms with Gasteiger partial charge in [0.15, 0.2) is 5.82 Å². The molecule has 2 aromatic heterocycles. The molecule has 0 amide bonds. The molecule has 1 saturated carbocycles. The second-order valence-corrected chi connectivity index (χ2v) is 8.44. The maximum Gasteiger partial charge on any atom is 0.433 e. The molecule has 0 radical (unpaired) electrons. The van der Waals surface area contributed by atoms with Gasteiger partial charge < -0.3 is 15.4 Å². The summed E-state index contributed by atoms with van der Waals surface area (Å²) in [6.45, 7) is 7.96. The Balaban J connectivity index is 1.57. The van der Waals surface area contributed by atoms with Gasteiger partial charge in [0, 0.05) is 31.7 Å². The molecule has 0 bridgehead atoms. The van der Waals surface area contributed by atoms with Crippen molar-refractivity contribution in [1.82, 2.24) is 24.8 Å². The number of aromatic nitrogens is 4. The monoisotopic (exact) mass is 451 g/mol. The average molecular weight is 451 g/mol. The van der Waals surface area contributed by atoms with Crippen LogP contribution in [0.15, 0.2) is 18.2 Å². The number of hydrogen-bond acceptors (Lipinski definition) is 8. The minimum absolute atomic E-state index is 0.0199. The molecular formula is C21H28F3N7O. The highest BCUT2D eigenvalue weighted by atomic mass is 19.4. The largest absolute Gasteiger partial charge is 0.433 e. The third-order valence-corrected chi connectivity index (χ3v) is 5.60. The predicted octanol–water partition coefficient (Wildman–Crippen LogP) is 3.30. The number of ether oxygens (including phenoxy) is 1. The Hall–Kier alpha value is -2.53. The van der Waals surface area contributed by atoms with Crippen molar-refractivity contribution in [2.75, 3.05) is 43.5 Å². The molecule has 1 unspecified atom stereocenters. The van der Waals surface area contributed by atoms with Crippen LogP contribution in [0.4, 0.5) is 25.1 Å². The fourth-order valence-electron chi connectivity index (χ4n) is 3.69. The van der Waals surface area contributed by atoms with Crippen LogP contribution >= 0.6 is 0 Å². The SMILES string of the molecule is CC(CN1CCOCC1)Nc1nc(N[C@H](C)C2CC2)nc(-c2cccc(C(F)(F)F)n2)n1. The van der Waals surface area contributed by atoms with Gasteiger partial charge in [0.2, 0.25) is 11.9 Å². The topological polar surface area (TPSA) is 88.1 Å². The summed E-state index contributed by atoms with van der Waals surface area (Å²) in [4.78, 5) is 19.3. The zero-order valence-corrected chi connectivity index (χ0v) is 18.2. The van der Waals surface area contributed by atoms with Crippen LogP contribution in [0, 0.1) is 5.92 Å². The maximum absolute atomic E-state index is 13.2. The van der Waals surface area contributed by atoms with E-state index in [-0.39, 0.29) is 23.6 Å². The molecule has 0 aromatic carbocycles. The molecule has 2 atom stereocenters. The number of morpholine rings is 1. The smallest absolute Gasteiger partial charge is 0.379 e. The third-order valence-electron chi connectivity index (χ3n) is 5.60. The van der Waals surface area contributed by atoms with Crippen molar-refractivity contribution in [1.29, 1.82) is 0 Å². The Kier molecular flexibility index (Phi) is 6.75. The van der Waals surface area contributed by atoms with Crippen LogP contribution in [0.25, 0.3) is 11.5 Å². The molecule has 4 rings (SSSR count). The van der Waals surface area contributed by atoms with Crippen LogP contribution in [0.1, 0.15) is 32.4 Å². The van der Waals surface area contributed by atoms with E-state index in [0.29, 0.717) is 31.0 Å². The molecule has 11 heteroatoms. The molecule has 1 aliphatic heterocycles. The van der Waals surface area contributed by atoms with E-state index in [0.717, 1.165) is 38.5 Å². The van der Waals surface area contributed by atoms with Gasteiger partial charge in [-0.2, -0.15) is 28.1 Å². The Labute approximate surface area is 185 Å². The lowest BCUT2D eigenvalue weighted by Gasteiger charge is -2.29. The molecule has 0 spiro atoms. The second kappa shape index (κ2) is 9.53. The standard InChI is InChI=1S/C21H28F3N7O/c1-13(12-31-8-10-32-11-9-31)25-19-28-18(16-4-3-5-17(27-16)21(22,23)24)29-20(30-19)26-14(2)15-6-7-15/h3-5,13-15H,6-12H2,1-2H3,(H2,25,26,28,29,30)/t13?,14-/m1/s1. The van der Waals surface area contributed by atoms with Gasteiger partial charge in [-0.1, -0.05) is 6.07 Å². The Morgan fingerprint density at radius 3 is 2.38 bits per heavy atom. The number of halogens is 3. The van der Waals surface area contributed by atoms with Crippen LogP contribution in [0.5, 0.6) is 0 Å². The van der Waals surface area contributed by atoms with Crippen LogP contribution in [0.2, 0.25) is 0 Å². The van der Waals surface area contributed by atoms with Crippen LogP contribution in [-0.2, 0) is 10.9 Å². The van der Waals surface area contributed by atoms with E-state index < -0.39 is 11.9 Å². The van der Waals surface area contributed by atoms with Gasteiger partial charge in [-0.25, -0.2) is 4.98 Å². The molecule has 32 heavy (non-hydrogen) atoms. The highest BCUT2D eigenvalue weighted by Crippen LogP contribution is 2.34. The molecule has 8 nitrogen and oxygen atoms in total. The minimum atomic E-state index is -4.54. The van der Waals surface area contributed by atoms with Gasteiger partial charge in [0.05, 0.1) is 13.2 Å². The Bertz CT molecular complexity index is 917. The molecule has 3 heterocycles. The van der Waals surface area contributed by atoms with Crippen LogP contribution < -0.4 is 10.6 Å². The van der Waals surface area contributed by atoms with Crippen molar-refractivity contribution in [2.45, 2.75) is 44.9 Å². The molecule has 1 aliphatic carbocycles. The van der Waals surface area contributed by atoms with Gasteiger partial charge in [0.1, 0.15) is 11.4 Å². The molecule has 2 fully saturated rings. The summed E-state index contributed by atoms with van der Waals surface area (Å²) < 4.78 is 44.8. The van der Waals surface area contributed by atoms with E-state index in [2.05, 4.69) is 42.4 Å². The van der Waals surface area contributed by atoms with Crippen molar-refractivity contribution in [3.8, 4) is 11.5 Å². The van der Waals surface area contributed by atoms with E-state index in [1.165, 1.54) is 12.1 Å². The number of pyridine rings is 1. The van der Waals surface area contributed by atoms with Crippen molar-refractivity contribution in [3.63, 3.8) is 0 Å². The first kappa shape index (κ1) is 22.7. The lowest BCUT2D eigenvalue weighted by molar-refractivity contribution is -0.141. The van der Waals surface area contributed by atoms with Gasteiger partial charge in [-0.15, -0.1) is 0 Å². The normalized spacial score (nSPS) is 19.4. The first-order valence-corrected chi connectivity index (χ1v) is 10.9. The molecule has 2 N–H and O–H groups in total. The summed E-state index contributed by atoms with van der Waals surface area (Å²) in [7, 11) is 0. The van der Waals surface area contributed by atoms with E-state index in [4.69, 9.17) is 4.74 Å². The highest BCUT2D eigenvalue weighted by Gasteiger charge is 2.33. The number of hydrogen-bond donors (Lipinski definition) is 2. The molecule has 174 valence electrons. The van der Waals surface area contributed by atoms with Crippen molar-refractivity contribution < 1.29 is 17.9 Å². The first-order valence-electron chi connectivity index (χ1n) is 10.9.